The number of likely N-dealkylation sites (N-methyl/N-ethyl adjacent to an activating group) is 1. The van der Waals surface area contributed by atoms with Crippen LogP contribution < -0.4 is 0 Å². The Balaban J connectivity index is 1.56. The van der Waals surface area contributed by atoms with Crippen LogP contribution in [0.4, 0.5) is 0 Å². The van der Waals surface area contributed by atoms with Crippen molar-refractivity contribution in [1.29, 1.82) is 0 Å². The van der Waals surface area contributed by atoms with Crippen LogP contribution in [0.5, 0.6) is 0 Å². The molecule has 2 fully saturated rings. The first-order valence-electron chi connectivity index (χ1n) is 8.54. The van der Waals surface area contributed by atoms with Crippen LogP contribution in [0, 0.1) is 17.8 Å². The zero-order chi connectivity index (χ0) is 16.5. The normalized spacial score (nSPS) is 25.3. The lowest BCUT2D eigenvalue weighted by Crippen LogP contribution is -2.29. The molecular formula is C21H20N2O. The number of carbonyl (C=O) groups is 1. The minimum absolute atomic E-state index is 0.0707. The summed E-state index contributed by atoms with van der Waals surface area (Å²) in [6.07, 6.45) is 5.26. The van der Waals surface area contributed by atoms with Gasteiger partial charge in [-0.2, -0.15) is 0 Å². The number of benzene rings is 1. The van der Waals surface area contributed by atoms with Crippen LogP contribution in [0.1, 0.15) is 42.0 Å². The summed E-state index contributed by atoms with van der Waals surface area (Å²) in [7, 11) is 1.94. The zero-order valence-corrected chi connectivity index (χ0v) is 13.8. The number of aromatic nitrogens is 1. The molecule has 4 rings (SSSR count). The van der Waals surface area contributed by atoms with Crippen molar-refractivity contribution in [3.63, 3.8) is 0 Å². The first kappa shape index (κ1) is 15.0. The van der Waals surface area contributed by atoms with E-state index >= 15 is 0 Å². The number of nitrogens with zero attached hydrogens (tertiary/aromatic N) is 2. The largest absolute Gasteiger partial charge is 0.342 e. The maximum atomic E-state index is 12.6. The van der Waals surface area contributed by atoms with Crippen LogP contribution in [-0.2, 0) is 4.79 Å². The van der Waals surface area contributed by atoms with E-state index in [0.717, 1.165) is 29.7 Å². The Morgan fingerprint density at radius 2 is 1.83 bits per heavy atom. The van der Waals surface area contributed by atoms with Crippen molar-refractivity contribution < 1.29 is 4.79 Å². The van der Waals surface area contributed by atoms with Crippen LogP contribution in [0.25, 0.3) is 0 Å². The monoisotopic (exact) mass is 316 g/mol. The van der Waals surface area contributed by atoms with E-state index in [9.17, 15) is 4.79 Å². The molecule has 0 unspecified atom stereocenters. The fourth-order valence-corrected chi connectivity index (χ4v) is 4.08. The third kappa shape index (κ3) is 2.59. The van der Waals surface area contributed by atoms with Gasteiger partial charge >= 0.3 is 0 Å². The van der Waals surface area contributed by atoms with Crippen LogP contribution in [-0.4, -0.2) is 28.9 Å². The van der Waals surface area contributed by atoms with Crippen molar-refractivity contribution in [1.82, 2.24) is 9.88 Å². The van der Waals surface area contributed by atoms with Gasteiger partial charge < -0.3 is 4.90 Å². The Hall–Kier alpha value is -2.60. The van der Waals surface area contributed by atoms with E-state index in [1.807, 2.05) is 54.4 Å². The second kappa shape index (κ2) is 6.13. The van der Waals surface area contributed by atoms with Crippen molar-refractivity contribution in [3.05, 3.63) is 65.5 Å². The Labute approximate surface area is 142 Å². The van der Waals surface area contributed by atoms with Crippen LogP contribution in [0.2, 0.25) is 0 Å². The van der Waals surface area contributed by atoms with Gasteiger partial charge in [-0.05, 0) is 43.0 Å². The van der Waals surface area contributed by atoms with Crippen molar-refractivity contribution in [2.75, 3.05) is 7.05 Å². The Bertz CT molecular complexity index is 801. The number of carbonyl (C=O) groups excluding carboxylic acids is 1. The lowest BCUT2D eigenvalue weighted by molar-refractivity contribution is -0.129. The maximum Gasteiger partial charge on any atom is 0.232 e. The minimum atomic E-state index is -0.0707. The lowest BCUT2D eigenvalue weighted by Gasteiger charge is -2.17. The van der Waals surface area contributed by atoms with Gasteiger partial charge in [-0.15, -0.1) is 0 Å². The van der Waals surface area contributed by atoms with E-state index in [0.29, 0.717) is 12.0 Å². The fraction of sp³-hybridized carbons (Fsp3) is 0.333. The van der Waals surface area contributed by atoms with Gasteiger partial charge in [0.05, 0.1) is 11.6 Å². The van der Waals surface area contributed by atoms with E-state index in [2.05, 4.69) is 16.8 Å². The summed E-state index contributed by atoms with van der Waals surface area (Å²) < 4.78 is 0. The molecule has 1 amide bonds. The molecule has 0 spiro atoms. The molecule has 1 saturated carbocycles. The van der Waals surface area contributed by atoms with Gasteiger partial charge in [0.15, 0.2) is 0 Å². The minimum Gasteiger partial charge on any atom is -0.342 e. The molecule has 0 N–H and O–H groups in total. The van der Waals surface area contributed by atoms with Gasteiger partial charge in [-0.1, -0.05) is 36.5 Å². The molecule has 1 aliphatic heterocycles. The zero-order valence-electron chi connectivity index (χ0n) is 13.8. The Morgan fingerprint density at radius 3 is 2.58 bits per heavy atom. The quantitative estimate of drug-likeness (QED) is 0.757. The summed E-state index contributed by atoms with van der Waals surface area (Å²) in [4.78, 5) is 19.1. The number of hydrogen-bond donors (Lipinski definition) is 0. The number of hydrogen-bond acceptors (Lipinski definition) is 2. The van der Waals surface area contributed by atoms with Gasteiger partial charge in [0.2, 0.25) is 5.91 Å². The van der Waals surface area contributed by atoms with Crippen molar-refractivity contribution in [3.8, 4) is 11.8 Å². The summed E-state index contributed by atoms with van der Waals surface area (Å²) in [6.45, 7) is 0. The molecule has 2 aromatic rings. The predicted molar refractivity (Wildman–Crippen MR) is 93.3 cm³/mol. The average Bonchev–Trinajstić information content (AvgIpc) is 3.18. The van der Waals surface area contributed by atoms with Crippen LogP contribution >= 0.6 is 0 Å². The van der Waals surface area contributed by atoms with Crippen LogP contribution in [0.15, 0.2) is 48.7 Å². The number of pyridine rings is 1. The molecule has 3 nitrogen and oxygen atoms in total. The molecule has 24 heavy (non-hydrogen) atoms. The van der Waals surface area contributed by atoms with Gasteiger partial charge in [0.1, 0.15) is 0 Å². The Morgan fingerprint density at radius 1 is 1.04 bits per heavy atom. The van der Waals surface area contributed by atoms with E-state index < -0.39 is 0 Å². The third-order valence-corrected chi connectivity index (χ3v) is 5.30. The van der Waals surface area contributed by atoms with Crippen molar-refractivity contribution in [2.24, 2.45) is 5.92 Å². The molecule has 1 aromatic heterocycles. The SMILES string of the molecule is CN1C(=O)[C@@H](c2ccc(C#Cc3ccccc3)cn2)[C@@H]2CCC[C@@H]21. The highest BCUT2D eigenvalue weighted by Gasteiger charge is 2.49. The highest BCUT2D eigenvalue weighted by atomic mass is 16.2. The number of amides is 1. The molecule has 3 heteroatoms. The molecule has 1 saturated heterocycles. The second-order valence-corrected chi connectivity index (χ2v) is 6.68. The van der Waals surface area contributed by atoms with Gasteiger partial charge in [-0.25, -0.2) is 0 Å². The average molecular weight is 316 g/mol. The Kier molecular flexibility index (Phi) is 3.82. The molecule has 1 aliphatic carbocycles. The fourth-order valence-electron chi connectivity index (χ4n) is 4.08. The molecule has 2 heterocycles. The summed E-state index contributed by atoms with van der Waals surface area (Å²) in [5.74, 6) is 6.85. The van der Waals surface area contributed by atoms with E-state index in [-0.39, 0.29) is 11.8 Å². The van der Waals surface area contributed by atoms with Crippen LogP contribution in [0.3, 0.4) is 0 Å². The van der Waals surface area contributed by atoms with Crippen molar-refractivity contribution >= 4 is 5.91 Å². The molecule has 2 aliphatic rings. The number of fused-ring (bicyclic) bond motifs is 1. The van der Waals surface area contributed by atoms with Gasteiger partial charge in [0.25, 0.3) is 0 Å². The summed E-state index contributed by atoms with van der Waals surface area (Å²) in [6, 6.07) is 14.3. The topological polar surface area (TPSA) is 33.2 Å². The van der Waals surface area contributed by atoms with Gasteiger partial charge in [0, 0.05) is 30.4 Å². The number of likely N-dealkylation sites (tertiary alicyclic amines) is 1. The smallest absolute Gasteiger partial charge is 0.232 e. The summed E-state index contributed by atoms with van der Waals surface area (Å²) in [5.41, 5.74) is 2.76. The summed E-state index contributed by atoms with van der Waals surface area (Å²) in [5, 5.41) is 0. The molecule has 1 aromatic carbocycles. The van der Waals surface area contributed by atoms with Crippen molar-refractivity contribution in [2.45, 2.75) is 31.2 Å². The third-order valence-electron chi connectivity index (χ3n) is 5.30. The van der Waals surface area contributed by atoms with Gasteiger partial charge in [-0.3, -0.25) is 9.78 Å². The molecule has 0 bridgehead atoms. The van der Waals surface area contributed by atoms with E-state index in [4.69, 9.17) is 0 Å². The highest BCUT2D eigenvalue weighted by Crippen LogP contribution is 2.45. The predicted octanol–water partition coefficient (Wildman–Crippen LogP) is 3.21. The molecule has 3 atom stereocenters. The molecule has 0 radical (unpaired) electrons. The first-order chi connectivity index (χ1) is 11.7. The van der Waals surface area contributed by atoms with E-state index in [1.54, 1.807) is 6.20 Å². The van der Waals surface area contributed by atoms with E-state index in [1.165, 1.54) is 6.42 Å². The lowest BCUT2D eigenvalue weighted by atomic mass is 9.89. The first-order valence-corrected chi connectivity index (χ1v) is 8.54. The second-order valence-electron chi connectivity index (χ2n) is 6.68. The summed E-state index contributed by atoms with van der Waals surface area (Å²) >= 11 is 0. The maximum absolute atomic E-state index is 12.6. The number of rotatable bonds is 1. The highest BCUT2D eigenvalue weighted by molar-refractivity contribution is 5.86. The molecule has 120 valence electrons. The standard InChI is InChI=1S/C21H20N2O/c1-23-19-9-5-8-17(19)20(21(23)24)18-13-12-16(14-22-18)11-10-15-6-3-2-4-7-15/h2-4,6-7,12-14,17,19-20H,5,8-9H2,1H3/t17-,19+,20-/m1/s1. The molecular weight excluding hydrogens is 296 g/mol.